The van der Waals surface area contributed by atoms with Gasteiger partial charge in [0.25, 0.3) is 11.8 Å². The van der Waals surface area contributed by atoms with Gasteiger partial charge < -0.3 is 15.5 Å². The molecule has 0 fully saturated rings. The molecule has 0 aliphatic carbocycles. The first kappa shape index (κ1) is 22.5. The fraction of sp³-hybridized carbons (Fsp3) is 0.259. The summed E-state index contributed by atoms with van der Waals surface area (Å²) in [5.74, 6) is -0.507. The predicted octanol–water partition coefficient (Wildman–Crippen LogP) is 5.51. The Kier molecular flexibility index (Phi) is 7.03. The van der Waals surface area contributed by atoms with E-state index in [0.717, 1.165) is 36.1 Å². The van der Waals surface area contributed by atoms with E-state index in [1.807, 2.05) is 36.4 Å². The number of nitrogens with zero attached hydrogens (tertiary/aromatic N) is 1. The van der Waals surface area contributed by atoms with Crippen LogP contribution in [0.15, 0.2) is 72.8 Å². The Morgan fingerprint density at radius 1 is 1.00 bits per heavy atom. The van der Waals surface area contributed by atoms with Crippen LogP contribution in [-0.2, 0) is 6.54 Å². The first-order valence-electron chi connectivity index (χ1n) is 11.4. The van der Waals surface area contributed by atoms with Crippen LogP contribution in [-0.4, -0.2) is 23.3 Å². The molecule has 2 N–H and O–H groups in total. The highest BCUT2D eigenvalue weighted by atomic mass is 19.1. The Bertz CT molecular complexity index is 1130. The molecule has 1 unspecified atom stereocenters. The zero-order valence-electron chi connectivity index (χ0n) is 18.7. The number of benzene rings is 3. The van der Waals surface area contributed by atoms with Crippen molar-refractivity contribution in [1.29, 1.82) is 0 Å². The molecule has 0 aromatic heterocycles. The standard InChI is InChI=1S/C27H28FN3O2/c1-2-3-6-16-29-26(32)20-8-7-9-22(17-20)30-25-23-10-4-5-11-24(23)27(33)31(25)18-19-12-14-21(28)15-13-19/h4-5,7-15,17,25,30H,2-3,6,16,18H2,1H3,(H,29,32). The molecule has 0 spiro atoms. The number of hydrogen-bond acceptors (Lipinski definition) is 3. The molecule has 0 radical (unpaired) electrons. The third-order valence-electron chi connectivity index (χ3n) is 5.82. The van der Waals surface area contributed by atoms with Gasteiger partial charge in [-0.1, -0.05) is 56.2 Å². The molecule has 170 valence electrons. The summed E-state index contributed by atoms with van der Waals surface area (Å²) in [4.78, 5) is 27.4. The molecule has 0 bridgehead atoms. The summed E-state index contributed by atoms with van der Waals surface area (Å²) < 4.78 is 13.3. The van der Waals surface area contributed by atoms with Gasteiger partial charge in [-0.05, 0) is 48.4 Å². The van der Waals surface area contributed by atoms with Crippen LogP contribution in [0, 0.1) is 5.82 Å². The van der Waals surface area contributed by atoms with Crippen molar-refractivity contribution in [3.05, 3.63) is 101 Å². The molecule has 1 heterocycles. The Morgan fingerprint density at radius 2 is 1.79 bits per heavy atom. The van der Waals surface area contributed by atoms with E-state index >= 15 is 0 Å². The average molecular weight is 446 g/mol. The van der Waals surface area contributed by atoms with Gasteiger partial charge >= 0.3 is 0 Å². The fourth-order valence-corrected chi connectivity index (χ4v) is 4.06. The van der Waals surface area contributed by atoms with Crippen molar-refractivity contribution in [2.24, 2.45) is 0 Å². The van der Waals surface area contributed by atoms with E-state index in [-0.39, 0.29) is 17.6 Å². The molecule has 6 heteroatoms. The molecular formula is C27H28FN3O2. The summed E-state index contributed by atoms with van der Waals surface area (Å²) >= 11 is 0. The minimum absolute atomic E-state index is 0.0859. The van der Waals surface area contributed by atoms with Gasteiger partial charge in [-0.2, -0.15) is 0 Å². The van der Waals surface area contributed by atoms with E-state index in [1.54, 1.807) is 29.2 Å². The van der Waals surface area contributed by atoms with Crippen LogP contribution >= 0.6 is 0 Å². The Morgan fingerprint density at radius 3 is 2.58 bits per heavy atom. The van der Waals surface area contributed by atoms with E-state index in [0.29, 0.717) is 24.2 Å². The molecule has 0 saturated carbocycles. The number of hydrogen-bond donors (Lipinski definition) is 2. The maximum absolute atomic E-state index is 13.3. The van der Waals surface area contributed by atoms with Gasteiger partial charge in [-0.3, -0.25) is 9.59 Å². The van der Waals surface area contributed by atoms with Crippen molar-refractivity contribution < 1.29 is 14.0 Å². The highest BCUT2D eigenvalue weighted by molar-refractivity contribution is 5.99. The molecule has 2 amide bonds. The lowest BCUT2D eigenvalue weighted by molar-refractivity contribution is 0.0728. The van der Waals surface area contributed by atoms with Crippen molar-refractivity contribution >= 4 is 17.5 Å². The van der Waals surface area contributed by atoms with Crippen LogP contribution in [0.1, 0.15) is 64.2 Å². The second-order valence-corrected chi connectivity index (χ2v) is 8.24. The lowest BCUT2D eigenvalue weighted by Crippen LogP contribution is -2.32. The summed E-state index contributed by atoms with van der Waals surface area (Å²) in [7, 11) is 0. The van der Waals surface area contributed by atoms with Gasteiger partial charge in [0.1, 0.15) is 12.0 Å². The number of rotatable bonds is 9. The number of nitrogens with one attached hydrogen (secondary N) is 2. The number of fused-ring (bicyclic) bond motifs is 1. The first-order valence-corrected chi connectivity index (χ1v) is 11.4. The number of amides is 2. The first-order chi connectivity index (χ1) is 16.1. The van der Waals surface area contributed by atoms with Crippen molar-refractivity contribution in [2.75, 3.05) is 11.9 Å². The minimum atomic E-state index is -0.401. The third-order valence-corrected chi connectivity index (χ3v) is 5.82. The van der Waals surface area contributed by atoms with Crippen LogP contribution < -0.4 is 10.6 Å². The van der Waals surface area contributed by atoms with E-state index < -0.39 is 6.17 Å². The van der Waals surface area contributed by atoms with Crippen molar-refractivity contribution in [2.45, 2.75) is 38.9 Å². The van der Waals surface area contributed by atoms with Crippen LogP contribution in [0.2, 0.25) is 0 Å². The van der Waals surface area contributed by atoms with E-state index in [2.05, 4.69) is 17.6 Å². The fourth-order valence-electron chi connectivity index (χ4n) is 4.06. The van der Waals surface area contributed by atoms with Gasteiger partial charge in [-0.15, -0.1) is 0 Å². The average Bonchev–Trinajstić information content (AvgIpc) is 3.09. The SMILES string of the molecule is CCCCCNC(=O)c1cccc(NC2c3ccccc3C(=O)N2Cc2ccc(F)cc2)c1. The molecule has 3 aromatic carbocycles. The molecule has 0 saturated heterocycles. The molecular weight excluding hydrogens is 417 g/mol. The van der Waals surface area contributed by atoms with Crippen LogP contribution in [0.5, 0.6) is 0 Å². The lowest BCUT2D eigenvalue weighted by Gasteiger charge is -2.27. The topological polar surface area (TPSA) is 61.4 Å². The third kappa shape index (κ3) is 5.22. The molecule has 3 aromatic rings. The van der Waals surface area contributed by atoms with Crippen molar-refractivity contribution in [1.82, 2.24) is 10.2 Å². The number of carbonyl (C=O) groups excluding carboxylic acids is 2. The number of unbranched alkanes of at least 4 members (excludes halogenated alkanes) is 2. The van der Waals surface area contributed by atoms with E-state index in [4.69, 9.17) is 0 Å². The summed E-state index contributed by atoms with van der Waals surface area (Å²) in [5.41, 5.74) is 3.67. The van der Waals surface area contributed by atoms with Crippen molar-refractivity contribution in [3.8, 4) is 0 Å². The van der Waals surface area contributed by atoms with Gasteiger partial charge in [0.15, 0.2) is 0 Å². The van der Waals surface area contributed by atoms with Crippen LogP contribution in [0.25, 0.3) is 0 Å². The largest absolute Gasteiger partial charge is 0.361 e. The molecule has 33 heavy (non-hydrogen) atoms. The normalized spacial score (nSPS) is 14.8. The maximum atomic E-state index is 13.3. The molecule has 4 rings (SSSR count). The van der Waals surface area contributed by atoms with E-state index in [9.17, 15) is 14.0 Å². The summed E-state index contributed by atoms with van der Waals surface area (Å²) in [6.07, 6.45) is 2.74. The Labute approximate surface area is 193 Å². The highest BCUT2D eigenvalue weighted by Gasteiger charge is 2.36. The zero-order valence-corrected chi connectivity index (χ0v) is 18.7. The van der Waals surface area contributed by atoms with Crippen LogP contribution in [0.4, 0.5) is 10.1 Å². The lowest BCUT2D eigenvalue weighted by atomic mass is 10.1. The summed E-state index contributed by atoms with van der Waals surface area (Å²) in [6.45, 7) is 3.12. The van der Waals surface area contributed by atoms with Gasteiger partial charge in [-0.25, -0.2) is 4.39 Å². The van der Waals surface area contributed by atoms with Gasteiger partial charge in [0.05, 0.1) is 0 Å². The second-order valence-electron chi connectivity index (χ2n) is 8.24. The highest BCUT2D eigenvalue weighted by Crippen LogP contribution is 2.35. The molecule has 1 aliphatic heterocycles. The summed E-state index contributed by atoms with van der Waals surface area (Å²) in [5, 5.41) is 6.39. The monoisotopic (exact) mass is 445 g/mol. The number of anilines is 1. The minimum Gasteiger partial charge on any atom is -0.361 e. The van der Waals surface area contributed by atoms with Crippen LogP contribution in [0.3, 0.4) is 0 Å². The Hall–Kier alpha value is -3.67. The zero-order chi connectivity index (χ0) is 23.2. The molecule has 1 atom stereocenters. The second kappa shape index (κ2) is 10.3. The van der Waals surface area contributed by atoms with Gasteiger partial charge in [0.2, 0.25) is 0 Å². The van der Waals surface area contributed by atoms with Gasteiger partial charge in [0, 0.05) is 35.5 Å². The smallest absolute Gasteiger partial charge is 0.256 e. The predicted molar refractivity (Wildman–Crippen MR) is 127 cm³/mol. The maximum Gasteiger partial charge on any atom is 0.256 e. The summed E-state index contributed by atoms with van der Waals surface area (Å²) in [6, 6.07) is 21.0. The Balaban J connectivity index is 1.55. The van der Waals surface area contributed by atoms with E-state index in [1.165, 1.54) is 12.1 Å². The molecule has 1 aliphatic rings. The number of halogens is 1. The van der Waals surface area contributed by atoms with Crippen molar-refractivity contribution in [3.63, 3.8) is 0 Å². The molecule has 5 nitrogen and oxygen atoms in total. The number of carbonyl (C=O) groups is 2. The quantitative estimate of drug-likeness (QED) is 0.427.